The first-order chi connectivity index (χ1) is 9.49. The molecule has 0 amide bonds. The summed E-state index contributed by atoms with van der Waals surface area (Å²) < 4.78 is 0. The summed E-state index contributed by atoms with van der Waals surface area (Å²) in [6.07, 6.45) is 1.63. The molecule has 3 nitrogen and oxygen atoms in total. The zero-order valence-electron chi connectivity index (χ0n) is 11.8. The molecule has 0 aliphatic carbocycles. The first-order valence-corrected chi connectivity index (χ1v) is 7.29. The summed E-state index contributed by atoms with van der Waals surface area (Å²) in [6, 6.07) is 9.57. The molecule has 0 saturated carbocycles. The molecule has 0 bridgehead atoms. The highest BCUT2D eigenvalue weighted by Gasteiger charge is 2.16. The van der Waals surface area contributed by atoms with Gasteiger partial charge in [-0.25, -0.2) is 9.78 Å². The van der Waals surface area contributed by atoms with Gasteiger partial charge in [0.2, 0.25) is 0 Å². The molecular formula is C16H17NO2S. The van der Waals surface area contributed by atoms with Gasteiger partial charge in [0.1, 0.15) is 5.03 Å². The van der Waals surface area contributed by atoms with Crippen molar-refractivity contribution in [2.45, 2.75) is 31.0 Å². The molecule has 1 atom stereocenters. The largest absolute Gasteiger partial charge is 0.478 e. The van der Waals surface area contributed by atoms with Gasteiger partial charge in [0.25, 0.3) is 0 Å². The van der Waals surface area contributed by atoms with Crippen molar-refractivity contribution in [1.82, 2.24) is 4.98 Å². The first kappa shape index (κ1) is 14.6. The van der Waals surface area contributed by atoms with Gasteiger partial charge in [0.15, 0.2) is 0 Å². The Morgan fingerprint density at radius 2 is 2.05 bits per heavy atom. The van der Waals surface area contributed by atoms with Crippen LogP contribution >= 0.6 is 11.8 Å². The van der Waals surface area contributed by atoms with Crippen molar-refractivity contribution in [3.05, 3.63) is 58.8 Å². The number of hydrogen-bond acceptors (Lipinski definition) is 3. The molecule has 0 aliphatic heterocycles. The average Bonchev–Trinajstić information content (AvgIpc) is 2.41. The predicted octanol–water partition coefficient (Wildman–Crippen LogP) is 4.25. The summed E-state index contributed by atoms with van der Waals surface area (Å²) in [5.41, 5.74) is 3.90. The van der Waals surface area contributed by atoms with Gasteiger partial charge in [-0.05, 0) is 44.0 Å². The highest BCUT2D eigenvalue weighted by Crippen LogP contribution is 2.36. The lowest BCUT2D eigenvalue weighted by atomic mass is 10.0. The summed E-state index contributed by atoms with van der Waals surface area (Å²) in [5, 5.41) is 9.91. The van der Waals surface area contributed by atoms with E-state index in [4.69, 9.17) is 0 Å². The molecule has 1 unspecified atom stereocenters. The normalized spacial score (nSPS) is 12.2. The molecule has 4 heteroatoms. The molecule has 0 saturated heterocycles. The topological polar surface area (TPSA) is 50.2 Å². The molecule has 0 aliphatic rings. The zero-order chi connectivity index (χ0) is 14.7. The van der Waals surface area contributed by atoms with Gasteiger partial charge in [0.05, 0.1) is 5.56 Å². The van der Waals surface area contributed by atoms with E-state index in [1.54, 1.807) is 18.3 Å². The Balaban J connectivity index is 2.30. The van der Waals surface area contributed by atoms with E-state index in [0.29, 0.717) is 5.03 Å². The fourth-order valence-electron chi connectivity index (χ4n) is 2.08. The summed E-state index contributed by atoms with van der Waals surface area (Å²) >= 11 is 1.48. The van der Waals surface area contributed by atoms with Crippen molar-refractivity contribution in [2.75, 3.05) is 0 Å². The van der Waals surface area contributed by atoms with Crippen LogP contribution in [0.3, 0.4) is 0 Å². The monoisotopic (exact) mass is 287 g/mol. The second-order valence-electron chi connectivity index (χ2n) is 4.78. The number of hydrogen-bond donors (Lipinski definition) is 1. The lowest BCUT2D eigenvalue weighted by Gasteiger charge is -2.15. The number of aromatic carboxylic acids is 1. The molecule has 0 radical (unpaired) electrons. The van der Waals surface area contributed by atoms with Gasteiger partial charge in [-0.2, -0.15) is 0 Å². The van der Waals surface area contributed by atoms with Crippen molar-refractivity contribution in [3.63, 3.8) is 0 Å². The van der Waals surface area contributed by atoms with Gasteiger partial charge in [-0.15, -0.1) is 0 Å². The molecule has 0 spiro atoms. The van der Waals surface area contributed by atoms with Crippen LogP contribution in [0.5, 0.6) is 0 Å². The van der Waals surface area contributed by atoms with Crippen LogP contribution in [-0.4, -0.2) is 16.1 Å². The number of pyridine rings is 1. The van der Waals surface area contributed by atoms with Crippen LogP contribution in [0.2, 0.25) is 0 Å². The summed E-state index contributed by atoms with van der Waals surface area (Å²) in [4.78, 5) is 15.4. The molecule has 0 fully saturated rings. The van der Waals surface area contributed by atoms with Crippen molar-refractivity contribution in [2.24, 2.45) is 0 Å². The Morgan fingerprint density at radius 1 is 1.30 bits per heavy atom. The number of carboxylic acid groups (broad SMARTS) is 1. The number of aromatic nitrogens is 1. The molecule has 2 aromatic rings. The van der Waals surface area contributed by atoms with Crippen molar-refractivity contribution >= 4 is 17.7 Å². The number of thioether (sulfide) groups is 1. The van der Waals surface area contributed by atoms with Gasteiger partial charge < -0.3 is 5.11 Å². The Morgan fingerprint density at radius 3 is 2.75 bits per heavy atom. The Kier molecular flexibility index (Phi) is 4.45. The van der Waals surface area contributed by atoms with Crippen molar-refractivity contribution in [1.29, 1.82) is 0 Å². The van der Waals surface area contributed by atoms with E-state index in [2.05, 4.69) is 44.0 Å². The summed E-state index contributed by atoms with van der Waals surface area (Å²) in [6.45, 7) is 6.21. The maximum absolute atomic E-state index is 11.2. The van der Waals surface area contributed by atoms with Crippen molar-refractivity contribution in [3.8, 4) is 0 Å². The van der Waals surface area contributed by atoms with Crippen LogP contribution in [0.15, 0.2) is 41.6 Å². The lowest BCUT2D eigenvalue weighted by molar-refractivity contribution is 0.0692. The van der Waals surface area contributed by atoms with Crippen molar-refractivity contribution < 1.29 is 9.90 Å². The van der Waals surface area contributed by atoms with Gasteiger partial charge in [-0.3, -0.25) is 0 Å². The quantitative estimate of drug-likeness (QED) is 0.854. The number of carbonyl (C=O) groups is 1. The van der Waals surface area contributed by atoms with Gasteiger partial charge in [-0.1, -0.05) is 35.5 Å². The predicted molar refractivity (Wildman–Crippen MR) is 81.4 cm³/mol. The number of carboxylic acids is 1. The minimum Gasteiger partial charge on any atom is -0.478 e. The zero-order valence-corrected chi connectivity index (χ0v) is 12.6. The molecule has 1 aromatic carbocycles. The standard InChI is InChI=1S/C16H17NO2S/c1-10-6-7-11(2)14(9-10)12(3)20-15-13(16(18)19)5-4-8-17-15/h4-9,12H,1-3H3,(H,18,19). The molecule has 1 N–H and O–H groups in total. The third-order valence-corrected chi connectivity index (χ3v) is 4.32. The number of nitrogens with zero attached hydrogens (tertiary/aromatic N) is 1. The summed E-state index contributed by atoms with van der Waals surface area (Å²) in [5.74, 6) is -0.936. The maximum atomic E-state index is 11.2. The Bertz CT molecular complexity index is 640. The Hall–Kier alpha value is -1.81. The second kappa shape index (κ2) is 6.09. The van der Waals surface area contributed by atoms with Crippen LogP contribution in [0.1, 0.15) is 39.2 Å². The maximum Gasteiger partial charge on any atom is 0.338 e. The highest BCUT2D eigenvalue weighted by atomic mass is 32.2. The molecule has 104 valence electrons. The van der Waals surface area contributed by atoms with Crippen LogP contribution in [-0.2, 0) is 0 Å². The fraction of sp³-hybridized carbons (Fsp3) is 0.250. The molecule has 1 heterocycles. The smallest absolute Gasteiger partial charge is 0.338 e. The van der Waals surface area contributed by atoms with E-state index in [1.165, 1.54) is 28.5 Å². The van der Waals surface area contributed by atoms with E-state index >= 15 is 0 Å². The average molecular weight is 287 g/mol. The second-order valence-corrected chi connectivity index (χ2v) is 6.11. The molecule has 1 aromatic heterocycles. The van der Waals surface area contributed by atoms with Gasteiger partial charge >= 0.3 is 5.97 Å². The SMILES string of the molecule is Cc1ccc(C)c(C(C)Sc2ncccc2C(=O)O)c1. The van der Waals surface area contributed by atoms with E-state index in [1.807, 2.05) is 0 Å². The minimum absolute atomic E-state index is 0.155. The number of aryl methyl sites for hydroxylation is 2. The summed E-state index contributed by atoms with van der Waals surface area (Å²) in [7, 11) is 0. The molecular weight excluding hydrogens is 270 g/mol. The molecule has 2 rings (SSSR count). The van der Waals surface area contributed by atoms with Gasteiger partial charge in [0, 0.05) is 11.4 Å². The van der Waals surface area contributed by atoms with Crippen LogP contribution in [0.25, 0.3) is 0 Å². The van der Waals surface area contributed by atoms with Crippen LogP contribution in [0, 0.1) is 13.8 Å². The van der Waals surface area contributed by atoms with Crippen LogP contribution in [0.4, 0.5) is 0 Å². The van der Waals surface area contributed by atoms with E-state index in [9.17, 15) is 9.90 Å². The minimum atomic E-state index is -0.936. The fourth-order valence-corrected chi connectivity index (χ4v) is 3.20. The third-order valence-electron chi connectivity index (χ3n) is 3.16. The van der Waals surface area contributed by atoms with E-state index in [-0.39, 0.29) is 10.8 Å². The first-order valence-electron chi connectivity index (χ1n) is 6.41. The van der Waals surface area contributed by atoms with Crippen LogP contribution < -0.4 is 0 Å². The Labute approximate surface area is 123 Å². The van der Waals surface area contributed by atoms with E-state index < -0.39 is 5.97 Å². The number of benzene rings is 1. The highest BCUT2D eigenvalue weighted by molar-refractivity contribution is 7.99. The third kappa shape index (κ3) is 3.20. The molecule has 20 heavy (non-hydrogen) atoms. The van der Waals surface area contributed by atoms with E-state index in [0.717, 1.165) is 0 Å². The lowest BCUT2D eigenvalue weighted by Crippen LogP contribution is -2.02. The number of rotatable bonds is 4.